The van der Waals surface area contributed by atoms with E-state index in [0.29, 0.717) is 34.3 Å². The van der Waals surface area contributed by atoms with Gasteiger partial charge in [0.15, 0.2) is 0 Å². The Labute approximate surface area is 201 Å². The molecule has 3 heterocycles. The molecule has 1 aromatic rings. The lowest BCUT2D eigenvalue weighted by Crippen LogP contribution is -2.61. The van der Waals surface area contributed by atoms with Crippen molar-refractivity contribution >= 4 is 29.1 Å². The van der Waals surface area contributed by atoms with Crippen LogP contribution in [-0.4, -0.2) is 83.7 Å². The molecular weight excluding hydrogens is 445 g/mol. The van der Waals surface area contributed by atoms with E-state index in [9.17, 15) is 9.90 Å². The topological polar surface area (TPSA) is 47.0 Å². The first-order valence-electron chi connectivity index (χ1n) is 12.3. The van der Waals surface area contributed by atoms with Gasteiger partial charge in [0.25, 0.3) is 0 Å². The van der Waals surface area contributed by atoms with Gasteiger partial charge < -0.3 is 14.9 Å². The highest BCUT2D eigenvalue weighted by molar-refractivity contribution is 6.42. The molecule has 1 amide bonds. The summed E-state index contributed by atoms with van der Waals surface area (Å²) in [6.07, 6.45) is 6.74. The van der Waals surface area contributed by atoms with Crippen molar-refractivity contribution < 1.29 is 9.90 Å². The maximum atomic E-state index is 12.7. The van der Waals surface area contributed by atoms with Crippen molar-refractivity contribution in [2.75, 3.05) is 45.8 Å². The summed E-state index contributed by atoms with van der Waals surface area (Å²) < 4.78 is 0. The lowest BCUT2D eigenvalue weighted by atomic mass is 9.71. The summed E-state index contributed by atoms with van der Waals surface area (Å²) in [5.74, 6) is 1.01. The molecule has 0 bridgehead atoms. The van der Waals surface area contributed by atoms with Crippen molar-refractivity contribution in [2.45, 2.75) is 62.5 Å². The predicted molar refractivity (Wildman–Crippen MR) is 128 cm³/mol. The van der Waals surface area contributed by atoms with E-state index in [4.69, 9.17) is 23.2 Å². The molecule has 1 N–H and O–H groups in total. The number of nitrogens with zero attached hydrogens (tertiary/aromatic N) is 3. The normalized spacial score (nSPS) is 28.8. The average Bonchev–Trinajstić information content (AvgIpc) is 3.56. The zero-order valence-electron chi connectivity index (χ0n) is 18.8. The fourth-order valence-corrected chi connectivity index (χ4v) is 6.10. The molecule has 0 unspecified atom stereocenters. The number of carbonyl (C=O) groups excluding carboxylic acids is 1. The first-order chi connectivity index (χ1) is 15.4. The van der Waals surface area contributed by atoms with Crippen molar-refractivity contribution in [1.29, 1.82) is 0 Å². The Hall–Kier alpha value is -0.850. The molecule has 7 heteroatoms. The number of benzene rings is 1. The molecule has 32 heavy (non-hydrogen) atoms. The van der Waals surface area contributed by atoms with Crippen LogP contribution in [0.25, 0.3) is 0 Å². The van der Waals surface area contributed by atoms with E-state index in [2.05, 4.69) is 20.8 Å². The minimum absolute atomic E-state index is 0.0582. The number of hydrogen-bond donors (Lipinski definition) is 1. The molecule has 1 saturated carbocycles. The molecule has 5 rings (SSSR count). The molecule has 0 radical (unpaired) electrons. The van der Waals surface area contributed by atoms with Crippen LogP contribution in [0.2, 0.25) is 10.0 Å². The van der Waals surface area contributed by atoms with Gasteiger partial charge in [-0.25, -0.2) is 0 Å². The Morgan fingerprint density at radius 1 is 1.06 bits per heavy atom. The Morgan fingerprint density at radius 2 is 1.81 bits per heavy atom. The lowest BCUT2D eigenvalue weighted by Gasteiger charge is -2.49. The summed E-state index contributed by atoms with van der Waals surface area (Å²) in [6, 6.07) is 6.69. The van der Waals surface area contributed by atoms with Gasteiger partial charge in [-0.2, -0.15) is 0 Å². The maximum Gasteiger partial charge on any atom is 0.222 e. The van der Waals surface area contributed by atoms with Crippen LogP contribution >= 0.6 is 23.2 Å². The number of hydrogen-bond acceptors (Lipinski definition) is 4. The van der Waals surface area contributed by atoms with Gasteiger partial charge in [0, 0.05) is 57.1 Å². The third-order valence-corrected chi connectivity index (χ3v) is 8.97. The third kappa shape index (κ3) is 4.97. The summed E-state index contributed by atoms with van der Waals surface area (Å²) >= 11 is 12.7. The van der Waals surface area contributed by atoms with Crippen LogP contribution in [0.1, 0.15) is 50.5 Å². The van der Waals surface area contributed by atoms with Crippen molar-refractivity contribution in [1.82, 2.24) is 14.7 Å². The second-order valence-electron chi connectivity index (χ2n) is 10.6. The highest BCUT2D eigenvalue weighted by Crippen LogP contribution is 2.42. The van der Waals surface area contributed by atoms with Crippen LogP contribution in [-0.2, 0) is 10.2 Å². The largest absolute Gasteiger partial charge is 0.393 e. The van der Waals surface area contributed by atoms with Gasteiger partial charge in [-0.15, -0.1) is 0 Å². The number of halogens is 2. The molecule has 1 aromatic carbocycles. The minimum Gasteiger partial charge on any atom is -0.393 e. The molecule has 176 valence electrons. The molecule has 4 aliphatic rings. The smallest absolute Gasteiger partial charge is 0.222 e. The summed E-state index contributed by atoms with van der Waals surface area (Å²) in [5.41, 5.74) is 1.17. The molecule has 1 atom stereocenters. The van der Waals surface area contributed by atoms with Crippen molar-refractivity contribution in [2.24, 2.45) is 5.92 Å². The van der Waals surface area contributed by atoms with Crippen LogP contribution in [0, 0.1) is 5.92 Å². The molecule has 3 aliphatic heterocycles. The Balaban J connectivity index is 1.25. The van der Waals surface area contributed by atoms with E-state index in [1.54, 1.807) is 0 Å². The molecular formula is C25H35Cl2N3O2. The molecule has 5 nitrogen and oxygen atoms in total. The van der Waals surface area contributed by atoms with E-state index in [1.807, 2.05) is 12.1 Å². The van der Waals surface area contributed by atoms with Crippen LogP contribution < -0.4 is 0 Å². The summed E-state index contributed by atoms with van der Waals surface area (Å²) in [5, 5.41) is 11.0. The molecule has 3 saturated heterocycles. The minimum atomic E-state index is -0.110. The van der Waals surface area contributed by atoms with Crippen LogP contribution in [0.4, 0.5) is 0 Å². The first kappa shape index (κ1) is 22.9. The third-order valence-electron chi connectivity index (χ3n) is 8.23. The van der Waals surface area contributed by atoms with E-state index in [-0.39, 0.29) is 11.5 Å². The quantitative estimate of drug-likeness (QED) is 0.645. The number of piperidine rings is 2. The fraction of sp³-hybridized carbons (Fsp3) is 0.720. The molecule has 4 fully saturated rings. The summed E-state index contributed by atoms with van der Waals surface area (Å²) in [6.45, 7) is 7.00. The SMILES string of the molecule is O=C1CC[C@](CCN2CC(N3CCC(O)CC3)C2)(c2ccc(Cl)c(Cl)c2)CN1CC1CC1. The van der Waals surface area contributed by atoms with Crippen molar-refractivity contribution in [3.63, 3.8) is 0 Å². The van der Waals surface area contributed by atoms with Crippen LogP contribution in [0.3, 0.4) is 0 Å². The number of aliphatic hydroxyl groups excluding tert-OH is 1. The molecule has 0 aromatic heterocycles. The van der Waals surface area contributed by atoms with Crippen molar-refractivity contribution in [3.05, 3.63) is 33.8 Å². The van der Waals surface area contributed by atoms with Gasteiger partial charge in [0.05, 0.1) is 16.1 Å². The first-order valence-corrected chi connectivity index (χ1v) is 13.1. The van der Waals surface area contributed by atoms with Gasteiger partial charge in [0.2, 0.25) is 5.91 Å². The molecule has 0 spiro atoms. The monoisotopic (exact) mass is 479 g/mol. The van der Waals surface area contributed by atoms with E-state index in [1.165, 1.54) is 18.4 Å². The fourth-order valence-electron chi connectivity index (χ4n) is 5.80. The predicted octanol–water partition coefficient (Wildman–Crippen LogP) is 3.79. The number of likely N-dealkylation sites (tertiary alicyclic amines) is 3. The van der Waals surface area contributed by atoms with Gasteiger partial charge >= 0.3 is 0 Å². The number of carbonyl (C=O) groups is 1. The summed E-state index contributed by atoms with van der Waals surface area (Å²) in [4.78, 5) is 19.9. The van der Waals surface area contributed by atoms with Gasteiger partial charge in [-0.1, -0.05) is 29.3 Å². The average molecular weight is 480 g/mol. The van der Waals surface area contributed by atoms with Crippen LogP contribution in [0.15, 0.2) is 18.2 Å². The number of aliphatic hydroxyl groups is 1. The highest BCUT2D eigenvalue weighted by Gasteiger charge is 2.43. The summed E-state index contributed by atoms with van der Waals surface area (Å²) in [7, 11) is 0. The Morgan fingerprint density at radius 3 is 2.50 bits per heavy atom. The zero-order chi connectivity index (χ0) is 22.3. The zero-order valence-corrected chi connectivity index (χ0v) is 20.3. The van der Waals surface area contributed by atoms with Gasteiger partial charge in [-0.05, 0) is 68.7 Å². The van der Waals surface area contributed by atoms with Gasteiger partial charge in [0.1, 0.15) is 0 Å². The Kier molecular flexibility index (Phi) is 6.75. The van der Waals surface area contributed by atoms with Crippen LogP contribution in [0.5, 0.6) is 0 Å². The number of rotatable bonds is 7. The second kappa shape index (κ2) is 9.42. The Bertz CT molecular complexity index is 834. The lowest BCUT2D eigenvalue weighted by molar-refractivity contribution is -0.136. The van der Waals surface area contributed by atoms with E-state index >= 15 is 0 Å². The number of amides is 1. The maximum absolute atomic E-state index is 12.7. The second-order valence-corrected chi connectivity index (χ2v) is 11.4. The van der Waals surface area contributed by atoms with Crippen molar-refractivity contribution in [3.8, 4) is 0 Å². The van der Waals surface area contributed by atoms with E-state index < -0.39 is 0 Å². The van der Waals surface area contributed by atoms with Gasteiger partial charge in [-0.3, -0.25) is 9.69 Å². The standard InChI is InChI=1S/C25H35Cl2N3O2/c26-22-4-3-19(13-23(22)27)25(8-5-24(32)30(17-25)14-18-1-2-18)9-12-28-15-20(16-28)29-10-6-21(31)7-11-29/h3-4,13,18,20-21,31H,1-2,5-12,14-17H2/t25-/m1/s1. The highest BCUT2D eigenvalue weighted by atomic mass is 35.5. The molecule has 1 aliphatic carbocycles. The van der Waals surface area contributed by atoms with E-state index in [0.717, 1.165) is 71.5 Å².